The number of furan rings is 1. The Kier molecular flexibility index (Phi) is 5.34. The Balaban J connectivity index is 1.28. The normalized spacial score (nSPS) is 15.3. The fourth-order valence-corrected chi connectivity index (χ4v) is 3.34. The van der Waals surface area contributed by atoms with Crippen LogP contribution >= 0.6 is 0 Å². The summed E-state index contributed by atoms with van der Waals surface area (Å²) >= 11 is 0. The molecule has 1 aromatic carbocycles. The second kappa shape index (κ2) is 8.23. The summed E-state index contributed by atoms with van der Waals surface area (Å²) in [6.45, 7) is 1.65. The molecular formula is C19H19N5O5. The predicted octanol–water partition coefficient (Wildman–Crippen LogP) is 3.06. The first-order valence-corrected chi connectivity index (χ1v) is 9.22. The smallest absolute Gasteiger partial charge is 0.283 e. The van der Waals surface area contributed by atoms with Crippen LogP contribution in [0.3, 0.4) is 0 Å². The molecule has 0 radical (unpaired) electrons. The van der Waals surface area contributed by atoms with E-state index in [9.17, 15) is 14.9 Å². The lowest BCUT2D eigenvalue weighted by atomic mass is 9.97. The molecule has 10 nitrogen and oxygen atoms in total. The molecule has 0 bridgehead atoms. The third-order valence-electron chi connectivity index (χ3n) is 4.82. The molecule has 1 aliphatic heterocycles. The van der Waals surface area contributed by atoms with Gasteiger partial charge in [0.15, 0.2) is 5.76 Å². The standard InChI is InChI=1S/C19H19N5O5/c25-17(20-14-3-1-4-15(11-14)24(26)27)12-23-8-6-13(7-9-23)18-21-22-19(29-18)16-5-2-10-28-16/h1-5,10-11,13H,6-9,12H2,(H,20,25). The van der Waals surface area contributed by atoms with Crippen molar-refractivity contribution in [1.82, 2.24) is 15.1 Å². The van der Waals surface area contributed by atoms with Crippen LogP contribution in [0.2, 0.25) is 0 Å². The van der Waals surface area contributed by atoms with Gasteiger partial charge in [-0.25, -0.2) is 0 Å². The summed E-state index contributed by atoms with van der Waals surface area (Å²) in [5.41, 5.74) is 0.354. The Labute approximate surface area is 165 Å². The largest absolute Gasteiger partial charge is 0.459 e. The molecule has 1 aliphatic rings. The van der Waals surface area contributed by atoms with E-state index in [0.717, 1.165) is 12.8 Å². The van der Waals surface area contributed by atoms with E-state index < -0.39 is 4.92 Å². The number of piperidine rings is 1. The van der Waals surface area contributed by atoms with Gasteiger partial charge >= 0.3 is 0 Å². The molecule has 4 rings (SSSR count). The quantitative estimate of drug-likeness (QED) is 0.496. The molecule has 1 N–H and O–H groups in total. The number of non-ortho nitro benzene ring substituents is 1. The fourth-order valence-electron chi connectivity index (χ4n) is 3.34. The van der Waals surface area contributed by atoms with Gasteiger partial charge in [-0.3, -0.25) is 19.8 Å². The number of amides is 1. The number of aromatic nitrogens is 2. The number of hydrogen-bond acceptors (Lipinski definition) is 8. The van der Waals surface area contributed by atoms with E-state index in [1.807, 2.05) is 4.90 Å². The zero-order valence-corrected chi connectivity index (χ0v) is 15.5. The van der Waals surface area contributed by atoms with Gasteiger partial charge in [0.2, 0.25) is 11.8 Å². The number of nitro groups is 1. The van der Waals surface area contributed by atoms with Crippen molar-refractivity contribution in [3.05, 3.63) is 58.7 Å². The van der Waals surface area contributed by atoms with Gasteiger partial charge in [0.1, 0.15) is 0 Å². The predicted molar refractivity (Wildman–Crippen MR) is 102 cm³/mol. The van der Waals surface area contributed by atoms with Crippen molar-refractivity contribution in [2.75, 3.05) is 25.0 Å². The first-order chi connectivity index (χ1) is 14.1. The number of nitro benzene ring substituents is 1. The number of nitrogens with one attached hydrogen (secondary N) is 1. The van der Waals surface area contributed by atoms with Crippen molar-refractivity contribution >= 4 is 17.3 Å². The van der Waals surface area contributed by atoms with Crippen molar-refractivity contribution in [3.63, 3.8) is 0 Å². The van der Waals surface area contributed by atoms with Crippen LogP contribution in [0.5, 0.6) is 0 Å². The van der Waals surface area contributed by atoms with E-state index in [-0.39, 0.29) is 24.1 Å². The zero-order chi connectivity index (χ0) is 20.2. The summed E-state index contributed by atoms with van der Waals surface area (Å²) in [5.74, 6) is 1.42. The van der Waals surface area contributed by atoms with Crippen molar-refractivity contribution < 1.29 is 18.6 Å². The number of benzene rings is 1. The molecule has 29 heavy (non-hydrogen) atoms. The zero-order valence-electron chi connectivity index (χ0n) is 15.5. The third kappa shape index (κ3) is 4.49. The number of likely N-dealkylation sites (tertiary alicyclic amines) is 1. The van der Waals surface area contributed by atoms with Gasteiger partial charge < -0.3 is 14.2 Å². The second-order valence-corrected chi connectivity index (χ2v) is 6.83. The van der Waals surface area contributed by atoms with Gasteiger partial charge in [-0.2, -0.15) is 0 Å². The van der Waals surface area contributed by atoms with Gasteiger partial charge in [-0.1, -0.05) is 6.07 Å². The molecule has 0 atom stereocenters. The van der Waals surface area contributed by atoms with Crippen LogP contribution < -0.4 is 5.32 Å². The molecule has 2 aromatic heterocycles. The molecule has 150 valence electrons. The van der Waals surface area contributed by atoms with Gasteiger partial charge in [-0.05, 0) is 44.1 Å². The molecular weight excluding hydrogens is 378 g/mol. The van der Waals surface area contributed by atoms with Crippen molar-refractivity contribution in [2.45, 2.75) is 18.8 Å². The highest BCUT2D eigenvalue weighted by molar-refractivity contribution is 5.92. The second-order valence-electron chi connectivity index (χ2n) is 6.83. The Bertz CT molecular complexity index is 992. The van der Waals surface area contributed by atoms with E-state index in [4.69, 9.17) is 8.83 Å². The lowest BCUT2D eigenvalue weighted by molar-refractivity contribution is -0.384. The Morgan fingerprint density at radius 2 is 2.07 bits per heavy atom. The van der Waals surface area contributed by atoms with E-state index in [1.165, 1.54) is 12.1 Å². The molecule has 1 amide bonds. The first-order valence-electron chi connectivity index (χ1n) is 9.22. The van der Waals surface area contributed by atoms with Gasteiger partial charge in [0.25, 0.3) is 11.6 Å². The van der Waals surface area contributed by atoms with Crippen LogP contribution in [-0.2, 0) is 4.79 Å². The first kappa shape index (κ1) is 18.8. The van der Waals surface area contributed by atoms with Crippen LogP contribution in [0.4, 0.5) is 11.4 Å². The van der Waals surface area contributed by atoms with E-state index in [2.05, 4.69) is 15.5 Å². The number of rotatable bonds is 6. The van der Waals surface area contributed by atoms with Gasteiger partial charge in [-0.15, -0.1) is 10.2 Å². The van der Waals surface area contributed by atoms with Crippen molar-refractivity contribution in [3.8, 4) is 11.7 Å². The maximum atomic E-state index is 12.3. The van der Waals surface area contributed by atoms with Crippen molar-refractivity contribution in [1.29, 1.82) is 0 Å². The average Bonchev–Trinajstić information content (AvgIpc) is 3.40. The summed E-state index contributed by atoms with van der Waals surface area (Å²) < 4.78 is 11.0. The highest BCUT2D eigenvalue weighted by Crippen LogP contribution is 2.29. The Hall–Kier alpha value is -3.53. The summed E-state index contributed by atoms with van der Waals surface area (Å²) in [6, 6.07) is 9.42. The maximum absolute atomic E-state index is 12.3. The lowest BCUT2D eigenvalue weighted by Gasteiger charge is -2.29. The van der Waals surface area contributed by atoms with Crippen LogP contribution in [0, 0.1) is 10.1 Å². The molecule has 3 heterocycles. The number of carbonyl (C=O) groups is 1. The minimum Gasteiger partial charge on any atom is -0.459 e. The number of hydrogen-bond donors (Lipinski definition) is 1. The minimum absolute atomic E-state index is 0.0583. The number of anilines is 1. The van der Waals surface area contributed by atoms with Crippen LogP contribution in [0.1, 0.15) is 24.7 Å². The monoisotopic (exact) mass is 397 g/mol. The minimum atomic E-state index is -0.491. The van der Waals surface area contributed by atoms with E-state index in [0.29, 0.717) is 36.3 Å². The van der Waals surface area contributed by atoms with Crippen molar-refractivity contribution in [2.24, 2.45) is 0 Å². The molecule has 1 fully saturated rings. The SMILES string of the molecule is O=C(CN1CCC(c2nnc(-c3ccco3)o2)CC1)Nc1cccc([N+](=O)[O-])c1. The fraction of sp³-hybridized carbons (Fsp3) is 0.316. The topological polar surface area (TPSA) is 128 Å². The molecule has 0 saturated carbocycles. The van der Waals surface area contributed by atoms with Crippen LogP contribution in [0.15, 0.2) is 51.5 Å². The molecule has 10 heteroatoms. The molecule has 1 saturated heterocycles. The highest BCUT2D eigenvalue weighted by Gasteiger charge is 2.26. The highest BCUT2D eigenvalue weighted by atomic mass is 16.6. The molecule has 3 aromatic rings. The third-order valence-corrected chi connectivity index (χ3v) is 4.82. The van der Waals surface area contributed by atoms with Gasteiger partial charge in [0.05, 0.1) is 17.7 Å². The summed E-state index contributed by atoms with van der Waals surface area (Å²) in [5, 5.41) is 21.7. The summed E-state index contributed by atoms with van der Waals surface area (Å²) in [4.78, 5) is 24.7. The molecule has 0 aliphatic carbocycles. The average molecular weight is 397 g/mol. The maximum Gasteiger partial charge on any atom is 0.283 e. The number of nitrogens with zero attached hydrogens (tertiary/aromatic N) is 4. The van der Waals surface area contributed by atoms with E-state index in [1.54, 1.807) is 30.5 Å². The van der Waals surface area contributed by atoms with Crippen LogP contribution in [0.25, 0.3) is 11.7 Å². The number of carbonyl (C=O) groups excluding carboxylic acids is 1. The molecule has 0 spiro atoms. The summed E-state index contributed by atoms with van der Waals surface area (Å²) in [6.07, 6.45) is 3.14. The summed E-state index contributed by atoms with van der Waals surface area (Å²) in [7, 11) is 0. The lowest BCUT2D eigenvalue weighted by Crippen LogP contribution is -2.38. The van der Waals surface area contributed by atoms with Gasteiger partial charge in [0, 0.05) is 23.7 Å². The molecule has 0 unspecified atom stereocenters. The van der Waals surface area contributed by atoms with Crippen LogP contribution in [-0.4, -0.2) is 45.6 Å². The van der Waals surface area contributed by atoms with E-state index >= 15 is 0 Å². The Morgan fingerprint density at radius 3 is 2.79 bits per heavy atom. The Morgan fingerprint density at radius 1 is 1.24 bits per heavy atom.